The van der Waals surface area contributed by atoms with E-state index in [1.807, 2.05) is 0 Å². The monoisotopic (exact) mass is 883 g/mol. The van der Waals surface area contributed by atoms with Gasteiger partial charge in [-0.15, -0.1) is 0 Å². The second-order valence-corrected chi connectivity index (χ2v) is 12.7. The molecule has 0 aliphatic rings. The number of likely N-dealkylation sites (N-methyl/N-ethyl adjacent to an activating group) is 2. The third kappa shape index (κ3) is 17.5. The SMILES string of the molecule is CN(CC(=O)O)c1ccc(C(=O)OCC(=O)OCC(COC(=O)COC(=O)c2ccc(N(COC=O)COC=O)cc2)OC(=O)COC(=O)c2ccc(N(C)CC(=O)O)cc2)cc1. The lowest BCUT2D eigenvalue weighted by atomic mass is 10.2. The number of esters is 6. The summed E-state index contributed by atoms with van der Waals surface area (Å²) in [5.74, 6) is -8.41. The van der Waals surface area contributed by atoms with Crippen LogP contribution in [0, 0.1) is 0 Å². The van der Waals surface area contributed by atoms with Gasteiger partial charge in [0, 0.05) is 31.2 Å². The van der Waals surface area contributed by atoms with Gasteiger partial charge in [0.05, 0.1) is 16.7 Å². The third-order valence-corrected chi connectivity index (χ3v) is 8.02. The van der Waals surface area contributed by atoms with Crippen LogP contribution in [-0.4, -0.2) is 151 Å². The molecule has 336 valence electrons. The van der Waals surface area contributed by atoms with Gasteiger partial charge in [-0.05, 0) is 72.8 Å². The van der Waals surface area contributed by atoms with E-state index in [0.29, 0.717) is 17.1 Å². The summed E-state index contributed by atoms with van der Waals surface area (Å²) in [6.45, 7) is -5.12. The van der Waals surface area contributed by atoms with E-state index in [1.54, 1.807) is 0 Å². The molecule has 0 aliphatic carbocycles. The molecule has 23 heteroatoms. The molecule has 1 unspecified atom stereocenters. The van der Waals surface area contributed by atoms with Crippen molar-refractivity contribution in [1.29, 1.82) is 0 Å². The zero-order chi connectivity index (χ0) is 46.3. The summed E-state index contributed by atoms with van der Waals surface area (Å²) in [6, 6.07) is 16.6. The fourth-order valence-corrected chi connectivity index (χ4v) is 4.94. The van der Waals surface area contributed by atoms with Gasteiger partial charge in [0.2, 0.25) is 0 Å². The van der Waals surface area contributed by atoms with Gasteiger partial charge in [-0.1, -0.05) is 0 Å². The zero-order valence-corrected chi connectivity index (χ0v) is 33.6. The summed E-state index contributed by atoms with van der Waals surface area (Å²) in [5, 5.41) is 17.9. The summed E-state index contributed by atoms with van der Waals surface area (Å²) in [5.41, 5.74) is 1.36. The number of carbonyl (C=O) groups is 10. The average Bonchev–Trinajstić information content (AvgIpc) is 3.27. The molecule has 2 N–H and O–H groups in total. The van der Waals surface area contributed by atoms with Crippen LogP contribution >= 0.6 is 0 Å². The lowest BCUT2D eigenvalue weighted by Crippen LogP contribution is -2.33. The molecule has 3 rings (SSSR count). The number of hydrogen-bond acceptors (Lipinski definition) is 21. The van der Waals surface area contributed by atoms with E-state index in [2.05, 4.69) is 9.47 Å². The number of hydrogen-bond donors (Lipinski definition) is 2. The van der Waals surface area contributed by atoms with Gasteiger partial charge < -0.3 is 62.8 Å². The van der Waals surface area contributed by atoms with E-state index in [1.165, 1.54) is 102 Å². The topological polar surface area (TPSA) is 295 Å². The molecule has 3 aromatic carbocycles. The molecule has 23 nitrogen and oxygen atoms in total. The van der Waals surface area contributed by atoms with Gasteiger partial charge in [0.1, 0.15) is 26.3 Å². The lowest BCUT2D eigenvalue weighted by Gasteiger charge is -2.22. The van der Waals surface area contributed by atoms with Gasteiger partial charge in [-0.3, -0.25) is 19.2 Å². The Morgan fingerprint density at radius 1 is 0.508 bits per heavy atom. The fourth-order valence-electron chi connectivity index (χ4n) is 4.94. The van der Waals surface area contributed by atoms with Crippen LogP contribution in [0.4, 0.5) is 17.1 Å². The van der Waals surface area contributed by atoms with Crippen molar-refractivity contribution in [1.82, 2.24) is 0 Å². The minimum Gasteiger partial charge on any atom is -0.480 e. The number of carboxylic acids is 2. The molecule has 0 saturated heterocycles. The second-order valence-electron chi connectivity index (χ2n) is 12.7. The average molecular weight is 884 g/mol. The van der Waals surface area contributed by atoms with Crippen LogP contribution in [0.15, 0.2) is 72.8 Å². The van der Waals surface area contributed by atoms with Gasteiger partial charge in [-0.2, -0.15) is 0 Å². The highest BCUT2D eigenvalue weighted by Crippen LogP contribution is 2.18. The summed E-state index contributed by atoms with van der Waals surface area (Å²) >= 11 is 0. The van der Waals surface area contributed by atoms with Gasteiger partial charge in [-0.25, -0.2) is 28.8 Å². The van der Waals surface area contributed by atoms with Crippen LogP contribution < -0.4 is 14.7 Å². The molecule has 0 bridgehead atoms. The number of nitrogens with zero attached hydrogens (tertiary/aromatic N) is 3. The maximum Gasteiger partial charge on any atom is 0.344 e. The Balaban J connectivity index is 1.58. The van der Waals surface area contributed by atoms with Crippen LogP contribution in [0.25, 0.3) is 0 Å². The van der Waals surface area contributed by atoms with Crippen molar-refractivity contribution in [2.75, 3.05) is 88.4 Å². The van der Waals surface area contributed by atoms with Crippen molar-refractivity contribution in [2.45, 2.75) is 6.10 Å². The van der Waals surface area contributed by atoms with E-state index >= 15 is 0 Å². The maximum atomic E-state index is 12.7. The summed E-state index contributed by atoms with van der Waals surface area (Å²) in [6.07, 6.45) is -1.53. The molecule has 0 fully saturated rings. The van der Waals surface area contributed by atoms with Crippen molar-refractivity contribution in [3.63, 3.8) is 0 Å². The summed E-state index contributed by atoms with van der Waals surface area (Å²) < 4.78 is 39.6. The van der Waals surface area contributed by atoms with Crippen molar-refractivity contribution < 1.29 is 96.1 Å². The molecule has 0 spiro atoms. The summed E-state index contributed by atoms with van der Waals surface area (Å²) in [4.78, 5) is 123. The molecular formula is C40H41N3O20. The van der Waals surface area contributed by atoms with E-state index in [4.69, 9.17) is 38.6 Å². The number of carbonyl (C=O) groups excluding carboxylic acids is 8. The molecule has 63 heavy (non-hydrogen) atoms. The first-order valence-electron chi connectivity index (χ1n) is 18.1. The number of ether oxygens (including phenoxy) is 8. The van der Waals surface area contributed by atoms with Crippen molar-refractivity contribution in [2.24, 2.45) is 0 Å². The summed E-state index contributed by atoms with van der Waals surface area (Å²) in [7, 11) is 3.06. The van der Waals surface area contributed by atoms with Crippen molar-refractivity contribution >= 4 is 77.8 Å². The fraction of sp³-hybridized carbons (Fsp3) is 0.300. The van der Waals surface area contributed by atoms with E-state index < -0.39 is 86.9 Å². The lowest BCUT2D eigenvalue weighted by molar-refractivity contribution is -0.170. The molecule has 1 atom stereocenters. The highest BCUT2D eigenvalue weighted by Gasteiger charge is 2.23. The third-order valence-electron chi connectivity index (χ3n) is 8.02. The van der Waals surface area contributed by atoms with Crippen molar-refractivity contribution in [3.05, 3.63) is 89.5 Å². The number of aliphatic carboxylic acids is 2. The number of benzene rings is 3. The second kappa shape index (κ2) is 25.4. The first-order chi connectivity index (χ1) is 30.1. The highest BCUT2D eigenvalue weighted by molar-refractivity contribution is 5.92. The van der Waals surface area contributed by atoms with Crippen LogP contribution in [-0.2, 0) is 71.5 Å². The van der Waals surface area contributed by atoms with E-state index in [-0.39, 0.29) is 56.2 Å². The van der Waals surface area contributed by atoms with Gasteiger partial charge >= 0.3 is 47.8 Å². The molecule has 0 amide bonds. The number of rotatable bonds is 27. The Kier molecular flexibility index (Phi) is 19.8. The van der Waals surface area contributed by atoms with Crippen LogP contribution in [0.5, 0.6) is 0 Å². The molecule has 0 aromatic heterocycles. The highest BCUT2D eigenvalue weighted by atomic mass is 16.6. The Morgan fingerprint density at radius 2 is 0.841 bits per heavy atom. The van der Waals surface area contributed by atoms with Crippen molar-refractivity contribution in [3.8, 4) is 0 Å². The van der Waals surface area contributed by atoms with Gasteiger partial charge in [0.25, 0.3) is 12.9 Å². The van der Waals surface area contributed by atoms with Gasteiger partial charge in [0.15, 0.2) is 39.4 Å². The molecule has 0 saturated carbocycles. The first-order valence-corrected chi connectivity index (χ1v) is 18.1. The number of carboxylic acid groups (broad SMARTS) is 2. The zero-order valence-electron chi connectivity index (χ0n) is 33.6. The Hall–Kier alpha value is -8.24. The normalized spacial score (nSPS) is 10.7. The Labute approximate surface area is 357 Å². The van der Waals surface area contributed by atoms with E-state index in [9.17, 15) is 47.9 Å². The smallest absolute Gasteiger partial charge is 0.344 e. The molecule has 3 aromatic rings. The Morgan fingerprint density at radius 3 is 1.17 bits per heavy atom. The molecule has 0 radical (unpaired) electrons. The standard InChI is InChI=1S/C40H41N3O20/c1-41(15-33(46)47)29-9-3-26(4-10-29)38(53)60-19-35(50)58-17-32(63-37(52)21-62-40(55)27-5-11-30(12-6-27)42(2)16-34(48)49)18-59-36(51)20-61-39(54)28-7-13-31(14-8-28)43(22-56-24-44)23-57-25-45/h3-14,24-25,32H,15-23H2,1-2H3,(H,46,47)(H,48,49). The maximum absolute atomic E-state index is 12.7. The predicted octanol–water partition coefficient (Wildman–Crippen LogP) is 0.665. The van der Waals surface area contributed by atoms with E-state index in [0.717, 1.165) is 0 Å². The van der Waals surface area contributed by atoms with Crippen LogP contribution in [0.3, 0.4) is 0 Å². The van der Waals surface area contributed by atoms with Crippen LogP contribution in [0.2, 0.25) is 0 Å². The molecular weight excluding hydrogens is 842 g/mol. The number of anilines is 3. The van der Waals surface area contributed by atoms with Crippen LogP contribution in [0.1, 0.15) is 31.1 Å². The quantitative estimate of drug-likeness (QED) is 0.0460. The Bertz CT molecular complexity index is 2060. The molecule has 0 aliphatic heterocycles. The largest absolute Gasteiger partial charge is 0.480 e. The predicted molar refractivity (Wildman–Crippen MR) is 210 cm³/mol. The minimum atomic E-state index is -1.53. The molecule has 0 heterocycles. The first kappa shape index (κ1) is 49.1. The minimum absolute atomic E-state index is 0.00606.